The van der Waals surface area contributed by atoms with Gasteiger partial charge in [-0.25, -0.2) is 4.68 Å². The second-order valence-corrected chi connectivity index (χ2v) is 3.80. The molecule has 1 aromatic heterocycles. The third kappa shape index (κ3) is 2.97. The van der Waals surface area contributed by atoms with E-state index in [0.29, 0.717) is 12.5 Å². The highest BCUT2D eigenvalue weighted by Crippen LogP contribution is 2.22. The van der Waals surface area contributed by atoms with E-state index in [1.54, 1.807) is 11.8 Å². The standard InChI is InChI=1S/C9H19N5O/c1-7(2)8(15-3)9-11-12-13-14(9)6-4-5-10/h7-8H,4-6,10H2,1-3H3. The number of aromatic nitrogens is 4. The van der Waals surface area contributed by atoms with Crippen molar-refractivity contribution in [2.75, 3.05) is 13.7 Å². The Hall–Kier alpha value is -1.01. The Bertz CT molecular complexity index is 286. The number of aryl methyl sites for hydroxylation is 1. The highest BCUT2D eigenvalue weighted by Gasteiger charge is 2.21. The Balaban J connectivity index is 2.77. The molecule has 86 valence electrons. The van der Waals surface area contributed by atoms with E-state index in [0.717, 1.165) is 18.8 Å². The topological polar surface area (TPSA) is 78.9 Å². The van der Waals surface area contributed by atoms with Crippen molar-refractivity contribution in [1.29, 1.82) is 0 Å². The molecule has 0 spiro atoms. The quantitative estimate of drug-likeness (QED) is 0.738. The second kappa shape index (κ2) is 5.77. The lowest BCUT2D eigenvalue weighted by molar-refractivity contribution is 0.0534. The molecule has 0 amide bonds. The summed E-state index contributed by atoms with van der Waals surface area (Å²) in [6.07, 6.45) is 0.810. The number of ether oxygens (including phenoxy) is 1. The summed E-state index contributed by atoms with van der Waals surface area (Å²) in [4.78, 5) is 0. The van der Waals surface area contributed by atoms with Gasteiger partial charge in [-0.15, -0.1) is 5.10 Å². The Morgan fingerprint density at radius 3 is 2.73 bits per heavy atom. The van der Waals surface area contributed by atoms with Gasteiger partial charge in [-0.3, -0.25) is 0 Å². The molecule has 15 heavy (non-hydrogen) atoms. The number of nitrogens with zero attached hydrogens (tertiary/aromatic N) is 4. The van der Waals surface area contributed by atoms with Crippen molar-refractivity contribution in [2.45, 2.75) is 32.9 Å². The lowest BCUT2D eigenvalue weighted by atomic mass is 10.1. The molecule has 0 saturated carbocycles. The average molecular weight is 213 g/mol. The van der Waals surface area contributed by atoms with Crippen molar-refractivity contribution in [1.82, 2.24) is 20.2 Å². The van der Waals surface area contributed by atoms with Gasteiger partial charge in [0.05, 0.1) is 0 Å². The molecule has 1 heterocycles. The molecule has 0 fully saturated rings. The van der Waals surface area contributed by atoms with Gasteiger partial charge in [0, 0.05) is 13.7 Å². The lowest BCUT2D eigenvalue weighted by Crippen LogP contribution is -2.17. The smallest absolute Gasteiger partial charge is 0.180 e. The molecule has 0 saturated heterocycles. The maximum absolute atomic E-state index is 5.45. The van der Waals surface area contributed by atoms with Crippen LogP contribution in [-0.2, 0) is 11.3 Å². The van der Waals surface area contributed by atoms with Crippen LogP contribution in [0.25, 0.3) is 0 Å². The minimum absolute atomic E-state index is 0.0576. The molecule has 0 radical (unpaired) electrons. The molecule has 1 aromatic rings. The number of tetrazole rings is 1. The van der Waals surface area contributed by atoms with Crippen molar-refractivity contribution >= 4 is 0 Å². The molecule has 1 atom stereocenters. The van der Waals surface area contributed by atoms with Gasteiger partial charge in [0.15, 0.2) is 5.82 Å². The first kappa shape index (κ1) is 12.1. The number of hydrogen-bond acceptors (Lipinski definition) is 5. The molecule has 0 aliphatic rings. The largest absolute Gasteiger partial charge is 0.373 e. The summed E-state index contributed by atoms with van der Waals surface area (Å²) in [7, 11) is 1.67. The van der Waals surface area contributed by atoms with Crippen LogP contribution in [0.2, 0.25) is 0 Å². The van der Waals surface area contributed by atoms with E-state index in [2.05, 4.69) is 29.4 Å². The van der Waals surface area contributed by atoms with Gasteiger partial charge < -0.3 is 10.5 Å². The van der Waals surface area contributed by atoms with E-state index in [9.17, 15) is 0 Å². The summed E-state index contributed by atoms with van der Waals surface area (Å²) < 4.78 is 7.15. The summed E-state index contributed by atoms with van der Waals surface area (Å²) in [5.74, 6) is 1.12. The third-order valence-corrected chi connectivity index (χ3v) is 2.25. The zero-order valence-corrected chi connectivity index (χ0v) is 9.55. The Morgan fingerprint density at radius 1 is 1.47 bits per heavy atom. The molecule has 0 aliphatic carbocycles. The van der Waals surface area contributed by atoms with E-state index in [-0.39, 0.29) is 6.10 Å². The van der Waals surface area contributed by atoms with Crippen LogP contribution in [0.1, 0.15) is 32.2 Å². The van der Waals surface area contributed by atoms with Crippen molar-refractivity contribution < 1.29 is 4.74 Å². The minimum Gasteiger partial charge on any atom is -0.373 e. The summed E-state index contributed by atoms with van der Waals surface area (Å²) in [6, 6.07) is 0. The number of hydrogen-bond donors (Lipinski definition) is 1. The van der Waals surface area contributed by atoms with Gasteiger partial charge in [0.2, 0.25) is 0 Å². The van der Waals surface area contributed by atoms with Gasteiger partial charge in [0.25, 0.3) is 0 Å². The van der Waals surface area contributed by atoms with Gasteiger partial charge in [-0.2, -0.15) is 0 Å². The molecule has 1 rings (SSSR count). The summed E-state index contributed by atoms with van der Waals surface area (Å²) in [6.45, 7) is 5.54. The zero-order valence-electron chi connectivity index (χ0n) is 9.55. The van der Waals surface area contributed by atoms with Crippen LogP contribution in [0.5, 0.6) is 0 Å². The first-order valence-electron chi connectivity index (χ1n) is 5.19. The first-order chi connectivity index (χ1) is 7.20. The SMILES string of the molecule is COC(c1nnnn1CCCN)C(C)C. The lowest BCUT2D eigenvalue weighted by Gasteiger charge is -2.17. The Labute approximate surface area is 89.8 Å². The highest BCUT2D eigenvalue weighted by atomic mass is 16.5. The van der Waals surface area contributed by atoms with Crippen molar-refractivity contribution in [3.05, 3.63) is 5.82 Å². The monoisotopic (exact) mass is 213 g/mol. The molecule has 2 N–H and O–H groups in total. The van der Waals surface area contributed by atoms with Crippen LogP contribution in [0.15, 0.2) is 0 Å². The average Bonchev–Trinajstić information content (AvgIpc) is 2.64. The maximum atomic E-state index is 5.45. The van der Waals surface area contributed by atoms with Crippen LogP contribution in [0.3, 0.4) is 0 Å². The predicted octanol–water partition coefficient (Wildman–Crippen LogP) is 0.365. The van der Waals surface area contributed by atoms with E-state index < -0.39 is 0 Å². The van der Waals surface area contributed by atoms with Gasteiger partial charge >= 0.3 is 0 Å². The van der Waals surface area contributed by atoms with E-state index in [4.69, 9.17) is 10.5 Å². The fourth-order valence-electron chi connectivity index (χ4n) is 1.49. The highest BCUT2D eigenvalue weighted by molar-refractivity contribution is 4.89. The van der Waals surface area contributed by atoms with Gasteiger partial charge in [-0.05, 0) is 29.3 Å². The summed E-state index contributed by atoms with van der Waals surface area (Å²) >= 11 is 0. The van der Waals surface area contributed by atoms with Gasteiger partial charge in [-0.1, -0.05) is 13.8 Å². The number of methoxy groups -OCH3 is 1. The molecule has 6 heteroatoms. The molecular weight excluding hydrogens is 194 g/mol. The minimum atomic E-state index is -0.0576. The normalized spacial score (nSPS) is 13.4. The van der Waals surface area contributed by atoms with Crippen molar-refractivity contribution in [3.63, 3.8) is 0 Å². The van der Waals surface area contributed by atoms with Crippen LogP contribution >= 0.6 is 0 Å². The Morgan fingerprint density at radius 2 is 2.20 bits per heavy atom. The molecule has 0 bridgehead atoms. The maximum Gasteiger partial charge on any atom is 0.180 e. The molecule has 1 unspecified atom stereocenters. The Kier molecular flexibility index (Phi) is 4.64. The molecule has 0 aromatic carbocycles. The second-order valence-electron chi connectivity index (χ2n) is 3.80. The molecule has 0 aliphatic heterocycles. The van der Waals surface area contributed by atoms with Crippen LogP contribution in [0, 0.1) is 5.92 Å². The summed E-state index contributed by atoms with van der Waals surface area (Å²) in [5, 5.41) is 11.6. The van der Waals surface area contributed by atoms with E-state index in [1.165, 1.54) is 0 Å². The number of nitrogens with two attached hydrogens (primary N) is 1. The zero-order chi connectivity index (χ0) is 11.3. The number of rotatable bonds is 6. The summed E-state index contributed by atoms with van der Waals surface area (Å²) in [5.41, 5.74) is 5.45. The van der Waals surface area contributed by atoms with Crippen molar-refractivity contribution in [2.24, 2.45) is 11.7 Å². The van der Waals surface area contributed by atoms with Crippen molar-refractivity contribution in [3.8, 4) is 0 Å². The third-order valence-electron chi connectivity index (χ3n) is 2.25. The van der Waals surface area contributed by atoms with Crippen LogP contribution in [0.4, 0.5) is 0 Å². The fraction of sp³-hybridized carbons (Fsp3) is 0.889. The van der Waals surface area contributed by atoms with Gasteiger partial charge in [0.1, 0.15) is 6.10 Å². The fourth-order valence-corrected chi connectivity index (χ4v) is 1.49. The van der Waals surface area contributed by atoms with Crippen LogP contribution in [-0.4, -0.2) is 33.9 Å². The first-order valence-corrected chi connectivity index (χ1v) is 5.19. The van der Waals surface area contributed by atoms with E-state index >= 15 is 0 Å². The molecule has 6 nitrogen and oxygen atoms in total. The predicted molar refractivity (Wildman–Crippen MR) is 56.1 cm³/mol. The van der Waals surface area contributed by atoms with Crippen LogP contribution < -0.4 is 5.73 Å². The van der Waals surface area contributed by atoms with E-state index in [1.807, 2.05) is 0 Å². The molecular formula is C9H19N5O.